The van der Waals surface area contributed by atoms with Crippen LogP contribution in [0.3, 0.4) is 0 Å². The van der Waals surface area contributed by atoms with Crippen LogP contribution in [0.5, 0.6) is 5.75 Å². The smallest absolute Gasteiger partial charge is 0.264 e. The molecule has 0 saturated heterocycles. The van der Waals surface area contributed by atoms with Crippen molar-refractivity contribution in [1.29, 1.82) is 0 Å². The Kier molecular flexibility index (Phi) is 9.54. The normalized spacial score (nSPS) is 11.9. The van der Waals surface area contributed by atoms with E-state index in [2.05, 4.69) is 5.32 Å². The Hall–Kier alpha value is -3.56. The third-order valence-corrected chi connectivity index (χ3v) is 8.06. The molecule has 196 valence electrons. The fourth-order valence-electron chi connectivity index (χ4n) is 3.89. The molecule has 3 aromatic carbocycles. The molecule has 3 aromatic rings. The Morgan fingerprint density at radius 3 is 2.16 bits per heavy atom. The SMILES string of the molecule is CCC(C(=O)NC)N(Cc1ccccc1Cl)C(=O)CN(c1ccc(OC)cc1)S(=O)(=O)c1ccccc1. The quantitative estimate of drug-likeness (QED) is 0.393. The number of ether oxygens (including phenoxy) is 1. The van der Waals surface area contributed by atoms with Crippen molar-refractivity contribution in [3.05, 3.63) is 89.4 Å². The Morgan fingerprint density at radius 1 is 0.973 bits per heavy atom. The van der Waals surface area contributed by atoms with Crippen molar-refractivity contribution >= 4 is 39.1 Å². The molecule has 0 aromatic heterocycles. The van der Waals surface area contributed by atoms with E-state index in [4.69, 9.17) is 16.3 Å². The Bertz CT molecular complexity index is 1320. The summed E-state index contributed by atoms with van der Waals surface area (Å²) in [6.07, 6.45) is 0.323. The van der Waals surface area contributed by atoms with Crippen LogP contribution >= 0.6 is 11.6 Å². The second-order valence-electron chi connectivity index (χ2n) is 8.17. The molecule has 1 unspecified atom stereocenters. The molecule has 1 atom stereocenters. The monoisotopic (exact) mass is 543 g/mol. The van der Waals surface area contributed by atoms with E-state index >= 15 is 0 Å². The number of carbonyl (C=O) groups excluding carboxylic acids is 2. The van der Waals surface area contributed by atoms with E-state index < -0.39 is 28.5 Å². The van der Waals surface area contributed by atoms with E-state index in [9.17, 15) is 18.0 Å². The predicted molar refractivity (Wildman–Crippen MR) is 144 cm³/mol. The van der Waals surface area contributed by atoms with Gasteiger partial charge in [0, 0.05) is 18.6 Å². The van der Waals surface area contributed by atoms with Gasteiger partial charge >= 0.3 is 0 Å². The second-order valence-corrected chi connectivity index (χ2v) is 10.4. The molecule has 8 nitrogen and oxygen atoms in total. The van der Waals surface area contributed by atoms with Crippen LogP contribution in [-0.2, 0) is 26.2 Å². The summed E-state index contributed by atoms with van der Waals surface area (Å²) in [4.78, 5) is 28.0. The zero-order valence-corrected chi connectivity index (χ0v) is 22.5. The Morgan fingerprint density at radius 2 is 1.59 bits per heavy atom. The van der Waals surface area contributed by atoms with E-state index in [-0.39, 0.29) is 23.0 Å². The van der Waals surface area contributed by atoms with Gasteiger partial charge < -0.3 is 15.0 Å². The number of likely N-dealkylation sites (N-methyl/N-ethyl adjacent to an activating group) is 1. The molecule has 2 amide bonds. The van der Waals surface area contributed by atoms with Crippen LogP contribution < -0.4 is 14.4 Å². The lowest BCUT2D eigenvalue weighted by Gasteiger charge is -2.33. The average Bonchev–Trinajstić information content (AvgIpc) is 2.92. The van der Waals surface area contributed by atoms with E-state index in [1.807, 2.05) is 0 Å². The number of hydrogen-bond acceptors (Lipinski definition) is 5. The molecule has 0 bridgehead atoms. The van der Waals surface area contributed by atoms with Gasteiger partial charge in [0.1, 0.15) is 18.3 Å². The molecular formula is C27H30ClN3O5S. The number of carbonyl (C=O) groups is 2. The van der Waals surface area contributed by atoms with E-state index in [1.165, 1.54) is 31.2 Å². The van der Waals surface area contributed by atoms with E-state index in [0.29, 0.717) is 22.8 Å². The van der Waals surface area contributed by atoms with Gasteiger partial charge in [-0.15, -0.1) is 0 Å². The van der Waals surface area contributed by atoms with Gasteiger partial charge in [0.2, 0.25) is 11.8 Å². The molecule has 1 N–H and O–H groups in total. The highest BCUT2D eigenvalue weighted by Gasteiger charge is 2.33. The third-order valence-electron chi connectivity index (χ3n) is 5.90. The number of nitrogens with zero attached hydrogens (tertiary/aromatic N) is 2. The predicted octanol–water partition coefficient (Wildman–Crippen LogP) is 4.10. The van der Waals surface area contributed by atoms with Crippen molar-refractivity contribution in [2.45, 2.75) is 30.8 Å². The number of amides is 2. The number of rotatable bonds is 11. The first-order valence-corrected chi connectivity index (χ1v) is 13.5. The summed E-state index contributed by atoms with van der Waals surface area (Å²) >= 11 is 6.36. The standard InChI is InChI=1S/C27H30ClN3O5S/c1-4-25(27(33)29-2)30(18-20-10-8-9-13-24(20)28)26(32)19-31(21-14-16-22(36-3)17-15-21)37(34,35)23-11-6-5-7-12-23/h5-17,25H,4,18-19H2,1-3H3,(H,29,33). The Balaban J connectivity index is 2.06. The second kappa shape index (κ2) is 12.6. The van der Waals surface area contributed by atoms with Crippen LogP contribution in [0.25, 0.3) is 0 Å². The van der Waals surface area contributed by atoms with Crippen molar-refractivity contribution in [2.75, 3.05) is 25.0 Å². The van der Waals surface area contributed by atoms with Crippen molar-refractivity contribution in [3.8, 4) is 5.75 Å². The highest BCUT2D eigenvalue weighted by atomic mass is 35.5. The molecule has 0 radical (unpaired) electrons. The maximum absolute atomic E-state index is 13.8. The minimum atomic E-state index is -4.12. The minimum Gasteiger partial charge on any atom is -0.497 e. The van der Waals surface area contributed by atoms with Crippen LogP contribution in [0.15, 0.2) is 83.8 Å². The summed E-state index contributed by atoms with van der Waals surface area (Å²) in [6.45, 7) is 1.29. The highest BCUT2D eigenvalue weighted by Crippen LogP contribution is 2.27. The highest BCUT2D eigenvalue weighted by molar-refractivity contribution is 7.92. The van der Waals surface area contributed by atoms with Gasteiger partial charge in [-0.25, -0.2) is 8.42 Å². The largest absolute Gasteiger partial charge is 0.497 e. The molecule has 10 heteroatoms. The Labute approximate surface area is 222 Å². The maximum Gasteiger partial charge on any atom is 0.264 e. The topological polar surface area (TPSA) is 96.0 Å². The van der Waals surface area contributed by atoms with E-state index in [0.717, 1.165) is 4.31 Å². The summed E-state index contributed by atoms with van der Waals surface area (Å²) in [5, 5.41) is 3.03. The summed E-state index contributed by atoms with van der Waals surface area (Å²) in [6, 6.07) is 20.4. The van der Waals surface area contributed by atoms with Crippen molar-refractivity contribution in [1.82, 2.24) is 10.2 Å². The molecule has 0 aliphatic heterocycles. The van der Waals surface area contributed by atoms with E-state index in [1.54, 1.807) is 73.7 Å². The van der Waals surface area contributed by atoms with Gasteiger partial charge in [-0.3, -0.25) is 13.9 Å². The van der Waals surface area contributed by atoms with Gasteiger partial charge in [-0.05, 0) is 54.4 Å². The lowest BCUT2D eigenvalue weighted by Crippen LogP contribution is -2.51. The van der Waals surface area contributed by atoms with Gasteiger partial charge in [0.05, 0.1) is 17.7 Å². The fraction of sp³-hybridized carbons (Fsp3) is 0.259. The van der Waals surface area contributed by atoms with Crippen molar-refractivity contribution in [2.24, 2.45) is 0 Å². The number of benzene rings is 3. The first-order valence-electron chi connectivity index (χ1n) is 11.7. The number of hydrogen-bond donors (Lipinski definition) is 1. The number of anilines is 1. The molecule has 3 rings (SSSR count). The first kappa shape index (κ1) is 28.0. The van der Waals surface area contributed by atoms with Gasteiger partial charge in [-0.2, -0.15) is 0 Å². The summed E-state index contributed by atoms with van der Waals surface area (Å²) in [5.74, 6) is -0.367. The van der Waals surface area contributed by atoms with Gasteiger partial charge in [0.15, 0.2) is 0 Å². The third kappa shape index (κ3) is 6.61. The number of sulfonamides is 1. The molecule has 0 heterocycles. The molecule has 0 aliphatic carbocycles. The zero-order chi connectivity index (χ0) is 27.0. The minimum absolute atomic E-state index is 0.0340. The molecule has 37 heavy (non-hydrogen) atoms. The molecule has 0 saturated carbocycles. The number of halogens is 1. The van der Waals surface area contributed by atoms with Crippen LogP contribution in [-0.4, -0.2) is 51.9 Å². The number of methoxy groups -OCH3 is 1. The van der Waals surface area contributed by atoms with Crippen LogP contribution in [0.4, 0.5) is 5.69 Å². The first-order chi connectivity index (χ1) is 17.7. The van der Waals surface area contributed by atoms with Crippen molar-refractivity contribution < 1.29 is 22.7 Å². The molecule has 0 aliphatic rings. The van der Waals surface area contributed by atoms with Crippen LogP contribution in [0, 0.1) is 0 Å². The molecule has 0 fully saturated rings. The van der Waals surface area contributed by atoms with Gasteiger partial charge in [0.25, 0.3) is 10.0 Å². The van der Waals surface area contributed by atoms with Crippen molar-refractivity contribution in [3.63, 3.8) is 0 Å². The number of nitrogens with one attached hydrogen (secondary N) is 1. The molecule has 0 spiro atoms. The summed E-state index contributed by atoms with van der Waals surface area (Å²) < 4.78 is 33.7. The van der Waals surface area contributed by atoms with Crippen LogP contribution in [0.1, 0.15) is 18.9 Å². The van der Waals surface area contributed by atoms with Gasteiger partial charge in [-0.1, -0.05) is 54.9 Å². The maximum atomic E-state index is 13.8. The fourth-order valence-corrected chi connectivity index (χ4v) is 5.52. The lowest BCUT2D eigenvalue weighted by molar-refractivity contribution is -0.140. The zero-order valence-electron chi connectivity index (χ0n) is 20.9. The lowest BCUT2D eigenvalue weighted by atomic mass is 10.1. The summed E-state index contributed by atoms with van der Waals surface area (Å²) in [5.41, 5.74) is 0.922. The summed E-state index contributed by atoms with van der Waals surface area (Å²) in [7, 11) is -1.12. The average molecular weight is 544 g/mol. The molecular weight excluding hydrogens is 514 g/mol. The van der Waals surface area contributed by atoms with Crippen LogP contribution in [0.2, 0.25) is 5.02 Å².